The first-order chi connectivity index (χ1) is 9.38. The SMILES string of the molecule is Cc1cc(C(=O)Nc2cc(Cl)c(Cl)cc2Cl)ccc1O. The standard InChI is InChI=1S/C14H10Cl3NO2/c1-7-4-8(2-3-13(7)19)14(20)18-12-6-10(16)9(15)5-11(12)17/h2-6,19H,1H3,(H,18,20). The van der Waals surface area contributed by atoms with E-state index in [0.29, 0.717) is 31.9 Å². The van der Waals surface area contributed by atoms with E-state index >= 15 is 0 Å². The lowest BCUT2D eigenvalue weighted by Crippen LogP contribution is -2.12. The number of benzene rings is 2. The fourth-order valence-corrected chi connectivity index (χ4v) is 2.20. The number of amides is 1. The third kappa shape index (κ3) is 3.18. The van der Waals surface area contributed by atoms with Gasteiger partial charge in [-0.1, -0.05) is 34.8 Å². The van der Waals surface area contributed by atoms with Crippen LogP contribution in [0.2, 0.25) is 15.1 Å². The Balaban J connectivity index is 2.27. The van der Waals surface area contributed by atoms with Crippen molar-refractivity contribution >= 4 is 46.4 Å². The van der Waals surface area contributed by atoms with Crippen LogP contribution in [0.1, 0.15) is 15.9 Å². The minimum absolute atomic E-state index is 0.133. The van der Waals surface area contributed by atoms with Crippen LogP contribution in [0.25, 0.3) is 0 Å². The van der Waals surface area contributed by atoms with E-state index in [1.54, 1.807) is 13.0 Å². The topological polar surface area (TPSA) is 49.3 Å². The van der Waals surface area contributed by atoms with Crippen molar-refractivity contribution in [3.63, 3.8) is 0 Å². The fourth-order valence-electron chi connectivity index (χ4n) is 1.61. The lowest BCUT2D eigenvalue weighted by molar-refractivity contribution is 0.102. The van der Waals surface area contributed by atoms with Gasteiger partial charge in [0.25, 0.3) is 5.91 Å². The molecule has 3 nitrogen and oxygen atoms in total. The fraction of sp³-hybridized carbons (Fsp3) is 0.0714. The maximum atomic E-state index is 12.1. The Morgan fingerprint density at radius 3 is 2.35 bits per heavy atom. The third-order valence-electron chi connectivity index (χ3n) is 2.72. The van der Waals surface area contributed by atoms with E-state index in [0.717, 1.165) is 0 Å². The van der Waals surface area contributed by atoms with Gasteiger partial charge in [0.05, 0.1) is 20.8 Å². The molecule has 6 heteroatoms. The van der Waals surface area contributed by atoms with Crippen molar-refractivity contribution < 1.29 is 9.90 Å². The largest absolute Gasteiger partial charge is 0.508 e. The highest BCUT2D eigenvalue weighted by atomic mass is 35.5. The molecule has 0 unspecified atom stereocenters. The Morgan fingerprint density at radius 1 is 1.05 bits per heavy atom. The van der Waals surface area contributed by atoms with Crippen LogP contribution >= 0.6 is 34.8 Å². The summed E-state index contributed by atoms with van der Waals surface area (Å²) in [6, 6.07) is 7.50. The number of carbonyl (C=O) groups is 1. The van der Waals surface area contributed by atoms with Gasteiger partial charge in [-0.05, 0) is 42.8 Å². The summed E-state index contributed by atoms with van der Waals surface area (Å²) >= 11 is 17.7. The minimum Gasteiger partial charge on any atom is -0.508 e. The molecule has 0 saturated heterocycles. The van der Waals surface area contributed by atoms with Crippen LogP contribution in [0.5, 0.6) is 5.75 Å². The summed E-state index contributed by atoms with van der Waals surface area (Å²) in [5.41, 5.74) is 1.39. The minimum atomic E-state index is -0.353. The molecule has 0 spiro atoms. The Kier molecular flexibility index (Phi) is 4.43. The van der Waals surface area contributed by atoms with Gasteiger partial charge in [0.1, 0.15) is 5.75 Å². The van der Waals surface area contributed by atoms with Gasteiger partial charge in [-0.25, -0.2) is 0 Å². The molecule has 0 aliphatic rings. The molecule has 0 saturated carbocycles. The van der Waals surface area contributed by atoms with Crippen LogP contribution < -0.4 is 5.32 Å². The van der Waals surface area contributed by atoms with Crippen LogP contribution in [0.3, 0.4) is 0 Å². The molecule has 104 valence electrons. The van der Waals surface area contributed by atoms with E-state index in [4.69, 9.17) is 34.8 Å². The zero-order chi connectivity index (χ0) is 14.9. The molecular formula is C14H10Cl3NO2. The third-order valence-corrected chi connectivity index (χ3v) is 3.75. The highest BCUT2D eigenvalue weighted by molar-refractivity contribution is 6.44. The number of carbonyl (C=O) groups excluding carboxylic acids is 1. The first-order valence-corrected chi connectivity index (χ1v) is 6.77. The van der Waals surface area contributed by atoms with Gasteiger partial charge >= 0.3 is 0 Å². The molecule has 2 N–H and O–H groups in total. The zero-order valence-corrected chi connectivity index (χ0v) is 12.6. The Hall–Kier alpha value is -1.42. The summed E-state index contributed by atoms with van der Waals surface area (Å²) in [7, 11) is 0. The number of phenolic OH excluding ortho intramolecular Hbond substituents is 1. The molecule has 0 radical (unpaired) electrons. The lowest BCUT2D eigenvalue weighted by atomic mass is 10.1. The van der Waals surface area contributed by atoms with Gasteiger partial charge in [-0.15, -0.1) is 0 Å². The van der Waals surface area contributed by atoms with Crippen molar-refractivity contribution in [3.05, 3.63) is 56.5 Å². The Bertz CT molecular complexity index is 686. The van der Waals surface area contributed by atoms with Gasteiger partial charge in [0, 0.05) is 5.56 Å². The molecule has 0 aromatic heterocycles. The average molecular weight is 331 g/mol. The van der Waals surface area contributed by atoms with Crippen LogP contribution in [-0.2, 0) is 0 Å². The number of aryl methyl sites for hydroxylation is 1. The molecule has 0 atom stereocenters. The molecule has 1 amide bonds. The molecule has 0 fully saturated rings. The van der Waals surface area contributed by atoms with Gasteiger partial charge in [0.2, 0.25) is 0 Å². The molecule has 2 aromatic rings. The molecule has 20 heavy (non-hydrogen) atoms. The second-order valence-electron chi connectivity index (χ2n) is 4.20. The van der Waals surface area contributed by atoms with Crippen molar-refractivity contribution in [2.24, 2.45) is 0 Å². The number of hydrogen-bond acceptors (Lipinski definition) is 2. The monoisotopic (exact) mass is 329 g/mol. The van der Waals surface area contributed by atoms with Crippen LogP contribution in [0.4, 0.5) is 5.69 Å². The Morgan fingerprint density at radius 2 is 1.70 bits per heavy atom. The number of phenols is 1. The molecule has 0 aliphatic carbocycles. The molecule has 2 aromatic carbocycles. The number of anilines is 1. The quantitative estimate of drug-likeness (QED) is 0.768. The number of hydrogen-bond donors (Lipinski definition) is 2. The van der Waals surface area contributed by atoms with E-state index in [1.807, 2.05) is 0 Å². The molecular weight excluding hydrogens is 321 g/mol. The van der Waals surface area contributed by atoms with Crippen molar-refractivity contribution in [1.82, 2.24) is 0 Å². The van der Waals surface area contributed by atoms with Gasteiger partial charge < -0.3 is 10.4 Å². The normalized spacial score (nSPS) is 10.4. The van der Waals surface area contributed by atoms with E-state index in [2.05, 4.69) is 5.32 Å². The zero-order valence-electron chi connectivity index (χ0n) is 10.4. The first-order valence-electron chi connectivity index (χ1n) is 5.64. The van der Waals surface area contributed by atoms with Crippen molar-refractivity contribution in [1.29, 1.82) is 0 Å². The maximum absolute atomic E-state index is 12.1. The summed E-state index contributed by atoms with van der Waals surface area (Å²) in [6.45, 7) is 1.71. The average Bonchev–Trinajstić information content (AvgIpc) is 2.39. The van der Waals surface area contributed by atoms with Gasteiger partial charge in [-0.3, -0.25) is 4.79 Å². The molecule has 0 bridgehead atoms. The predicted molar refractivity (Wildman–Crippen MR) is 82.3 cm³/mol. The van der Waals surface area contributed by atoms with E-state index < -0.39 is 0 Å². The lowest BCUT2D eigenvalue weighted by Gasteiger charge is -2.09. The molecule has 0 aliphatic heterocycles. The number of aromatic hydroxyl groups is 1. The van der Waals surface area contributed by atoms with Gasteiger partial charge in [0.15, 0.2) is 0 Å². The van der Waals surface area contributed by atoms with E-state index in [1.165, 1.54) is 24.3 Å². The second kappa shape index (κ2) is 5.92. The van der Waals surface area contributed by atoms with Crippen molar-refractivity contribution in [2.45, 2.75) is 6.92 Å². The summed E-state index contributed by atoms with van der Waals surface area (Å²) in [4.78, 5) is 12.1. The molecule has 2 rings (SSSR count). The van der Waals surface area contributed by atoms with Crippen molar-refractivity contribution in [2.75, 3.05) is 5.32 Å². The number of rotatable bonds is 2. The number of nitrogens with one attached hydrogen (secondary N) is 1. The second-order valence-corrected chi connectivity index (χ2v) is 5.42. The summed E-state index contributed by atoms with van der Waals surface area (Å²) in [5, 5.41) is 13.0. The smallest absolute Gasteiger partial charge is 0.255 e. The number of halogens is 3. The highest BCUT2D eigenvalue weighted by Gasteiger charge is 2.12. The van der Waals surface area contributed by atoms with Crippen molar-refractivity contribution in [3.8, 4) is 5.75 Å². The van der Waals surface area contributed by atoms with E-state index in [-0.39, 0.29) is 11.7 Å². The maximum Gasteiger partial charge on any atom is 0.255 e. The summed E-state index contributed by atoms with van der Waals surface area (Å²) < 4.78 is 0. The summed E-state index contributed by atoms with van der Waals surface area (Å²) in [6.07, 6.45) is 0. The molecule has 0 heterocycles. The van der Waals surface area contributed by atoms with Crippen LogP contribution in [0.15, 0.2) is 30.3 Å². The van der Waals surface area contributed by atoms with Crippen LogP contribution in [0, 0.1) is 6.92 Å². The Labute approximate surface area is 131 Å². The summed E-state index contributed by atoms with van der Waals surface area (Å²) in [5.74, 6) is -0.220. The highest BCUT2D eigenvalue weighted by Crippen LogP contribution is 2.32. The van der Waals surface area contributed by atoms with Gasteiger partial charge in [-0.2, -0.15) is 0 Å². The van der Waals surface area contributed by atoms with Crippen LogP contribution in [-0.4, -0.2) is 11.0 Å². The predicted octanol–water partition coefficient (Wildman–Crippen LogP) is 4.91. The van der Waals surface area contributed by atoms with E-state index in [9.17, 15) is 9.90 Å². The first kappa shape index (κ1) is 15.0.